The van der Waals surface area contributed by atoms with Gasteiger partial charge in [-0.15, -0.1) is 10.2 Å². The first-order chi connectivity index (χ1) is 13.6. The van der Waals surface area contributed by atoms with Crippen molar-refractivity contribution < 1.29 is 9.53 Å². The lowest BCUT2D eigenvalue weighted by molar-refractivity contribution is 0.0364. The summed E-state index contributed by atoms with van der Waals surface area (Å²) in [5.41, 5.74) is 0.902. The predicted molar refractivity (Wildman–Crippen MR) is 106 cm³/mol. The van der Waals surface area contributed by atoms with Gasteiger partial charge in [-0.1, -0.05) is 42.5 Å². The molecule has 7 heteroatoms. The van der Waals surface area contributed by atoms with Crippen LogP contribution < -0.4 is 10.2 Å². The lowest BCUT2D eigenvalue weighted by Crippen LogP contribution is -2.47. The Morgan fingerprint density at radius 2 is 1.89 bits per heavy atom. The van der Waals surface area contributed by atoms with E-state index in [0.717, 1.165) is 44.1 Å². The molecule has 1 aromatic heterocycles. The van der Waals surface area contributed by atoms with Gasteiger partial charge in [-0.25, -0.2) is 4.79 Å². The topological polar surface area (TPSA) is 72.3 Å². The Balaban J connectivity index is 1.35. The summed E-state index contributed by atoms with van der Waals surface area (Å²) >= 11 is 0. The largest absolute Gasteiger partial charge is 0.441 e. The van der Waals surface area contributed by atoms with Crippen LogP contribution in [0.5, 0.6) is 0 Å². The number of alkyl carbamates (subject to hydrolysis) is 1. The van der Waals surface area contributed by atoms with Gasteiger partial charge in [0.25, 0.3) is 0 Å². The number of piperidine rings is 1. The van der Waals surface area contributed by atoms with Crippen molar-refractivity contribution in [1.82, 2.24) is 20.1 Å². The zero-order valence-corrected chi connectivity index (χ0v) is 15.9. The number of nitrogens with one attached hydrogen (secondary N) is 1. The number of rotatable bonds is 3. The first-order valence-corrected chi connectivity index (χ1v) is 9.70. The molecule has 2 aliphatic heterocycles. The summed E-state index contributed by atoms with van der Waals surface area (Å²) in [5, 5.41) is 14.2. The molecule has 2 saturated heterocycles. The summed E-state index contributed by atoms with van der Waals surface area (Å²) in [7, 11) is 2.03. The molecular formula is C21H23N5O2. The van der Waals surface area contributed by atoms with Gasteiger partial charge in [0.05, 0.1) is 6.54 Å². The predicted octanol–water partition coefficient (Wildman–Crippen LogP) is 2.64. The van der Waals surface area contributed by atoms with E-state index in [-0.39, 0.29) is 11.7 Å². The SMILES string of the molecule is Cn1c(Cc2cccc3ccccc23)nnc1N1CCC2(CC1)CNC(=O)O2. The fraction of sp³-hybridized carbons (Fsp3) is 0.381. The van der Waals surface area contributed by atoms with Crippen LogP contribution in [-0.4, -0.2) is 46.1 Å². The Kier molecular flexibility index (Phi) is 3.96. The summed E-state index contributed by atoms with van der Waals surface area (Å²) in [5.74, 6) is 1.82. The van der Waals surface area contributed by atoms with Gasteiger partial charge in [0.1, 0.15) is 11.4 Å². The molecular weight excluding hydrogens is 354 g/mol. The van der Waals surface area contributed by atoms with E-state index in [1.54, 1.807) is 0 Å². The van der Waals surface area contributed by atoms with Crippen LogP contribution in [0, 0.1) is 0 Å². The van der Waals surface area contributed by atoms with E-state index < -0.39 is 0 Å². The summed E-state index contributed by atoms with van der Waals surface area (Å²) in [4.78, 5) is 13.7. The third-order valence-electron chi connectivity index (χ3n) is 5.99. The Hall–Kier alpha value is -3.09. The van der Waals surface area contributed by atoms with Crippen LogP contribution in [0.4, 0.5) is 10.7 Å². The van der Waals surface area contributed by atoms with Crippen molar-refractivity contribution in [3.63, 3.8) is 0 Å². The number of ether oxygens (including phenoxy) is 1. The number of carbonyl (C=O) groups is 1. The molecule has 0 saturated carbocycles. The van der Waals surface area contributed by atoms with Crippen LogP contribution in [0.3, 0.4) is 0 Å². The molecule has 28 heavy (non-hydrogen) atoms. The van der Waals surface area contributed by atoms with Gasteiger partial charge >= 0.3 is 6.09 Å². The maximum absolute atomic E-state index is 11.4. The van der Waals surface area contributed by atoms with E-state index >= 15 is 0 Å². The molecule has 3 heterocycles. The van der Waals surface area contributed by atoms with E-state index in [9.17, 15) is 4.79 Å². The third-order valence-corrected chi connectivity index (χ3v) is 5.99. The van der Waals surface area contributed by atoms with E-state index in [2.05, 4.69) is 67.4 Å². The number of nitrogens with zero attached hydrogens (tertiary/aromatic N) is 4. The molecule has 0 atom stereocenters. The van der Waals surface area contributed by atoms with Crippen LogP contribution in [-0.2, 0) is 18.2 Å². The van der Waals surface area contributed by atoms with E-state index in [1.165, 1.54) is 16.3 Å². The van der Waals surface area contributed by atoms with Crippen LogP contribution in [0.25, 0.3) is 10.8 Å². The van der Waals surface area contributed by atoms with Crippen molar-refractivity contribution in [2.45, 2.75) is 24.9 Å². The fourth-order valence-corrected chi connectivity index (χ4v) is 4.29. The Morgan fingerprint density at radius 1 is 1.11 bits per heavy atom. The van der Waals surface area contributed by atoms with E-state index in [4.69, 9.17) is 4.74 Å². The average Bonchev–Trinajstić information content (AvgIpc) is 3.26. The molecule has 5 rings (SSSR count). The molecule has 1 amide bonds. The zero-order chi connectivity index (χ0) is 19.1. The highest BCUT2D eigenvalue weighted by molar-refractivity contribution is 5.85. The summed E-state index contributed by atoms with van der Waals surface area (Å²) < 4.78 is 7.59. The van der Waals surface area contributed by atoms with Gasteiger partial charge in [0.2, 0.25) is 5.95 Å². The lowest BCUT2D eigenvalue weighted by atomic mass is 9.92. The molecule has 3 aromatic rings. The highest BCUT2D eigenvalue weighted by atomic mass is 16.6. The van der Waals surface area contributed by atoms with Crippen LogP contribution in [0.15, 0.2) is 42.5 Å². The Labute approximate surface area is 163 Å². The number of aromatic nitrogens is 3. The van der Waals surface area contributed by atoms with Crippen molar-refractivity contribution in [3.8, 4) is 0 Å². The molecule has 2 aromatic carbocycles. The van der Waals surface area contributed by atoms with Gasteiger partial charge in [-0.2, -0.15) is 0 Å². The third kappa shape index (κ3) is 2.87. The molecule has 2 aliphatic rings. The summed E-state index contributed by atoms with van der Waals surface area (Å²) in [6.07, 6.45) is 2.04. The second-order valence-electron chi connectivity index (χ2n) is 7.70. The number of anilines is 1. The smallest absolute Gasteiger partial charge is 0.407 e. The van der Waals surface area contributed by atoms with Gasteiger partial charge in [0, 0.05) is 39.4 Å². The molecule has 1 spiro atoms. The van der Waals surface area contributed by atoms with Gasteiger partial charge in [0.15, 0.2) is 0 Å². The number of amides is 1. The standard InChI is InChI=1S/C21H23N5O2/c1-25-18(13-16-7-4-6-15-5-2-3-8-17(15)16)23-24-19(25)26-11-9-21(10-12-26)14-22-20(27)28-21/h2-8H,9-14H2,1H3,(H,22,27). The molecule has 0 radical (unpaired) electrons. The first-order valence-electron chi connectivity index (χ1n) is 9.70. The molecule has 0 bridgehead atoms. The van der Waals surface area contributed by atoms with Gasteiger partial charge < -0.3 is 19.5 Å². The van der Waals surface area contributed by atoms with Crippen LogP contribution in [0.2, 0.25) is 0 Å². The first kappa shape index (κ1) is 17.0. The quantitative estimate of drug-likeness (QED) is 0.760. The maximum Gasteiger partial charge on any atom is 0.407 e. The zero-order valence-electron chi connectivity index (χ0n) is 15.9. The summed E-state index contributed by atoms with van der Waals surface area (Å²) in [6, 6.07) is 14.8. The molecule has 144 valence electrons. The minimum atomic E-state index is -0.349. The maximum atomic E-state index is 11.4. The molecule has 2 fully saturated rings. The fourth-order valence-electron chi connectivity index (χ4n) is 4.29. The van der Waals surface area contributed by atoms with Crippen LogP contribution in [0.1, 0.15) is 24.2 Å². The normalized spacial score (nSPS) is 18.5. The minimum Gasteiger partial charge on any atom is -0.441 e. The number of hydrogen-bond acceptors (Lipinski definition) is 5. The number of hydrogen-bond donors (Lipinski definition) is 1. The van der Waals surface area contributed by atoms with Gasteiger partial charge in [-0.3, -0.25) is 0 Å². The lowest BCUT2D eigenvalue weighted by Gasteiger charge is -2.37. The minimum absolute atomic E-state index is 0.301. The van der Waals surface area contributed by atoms with Gasteiger partial charge in [-0.05, 0) is 16.3 Å². The molecule has 0 aliphatic carbocycles. The Bertz CT molecular complexity index is 1030. The second kappa shape index (κ2) is 6.51. The molecule has 0 unspecified atom stereocenters. The van der Waals surface area contributed by atoms with Crippen molar-refractivity contribution in [1.29, 1.82) is 0 Å². The Morgan fingerprint density at radius 3 is 2.68 bits per heavy atom. The monoisotopic (exact) mass is 377 g/mol. The number of benzene rings is 2. The van der Waals surface area contributed by atoms with Crippen LogP contribution >= 0.6 is 0 Å². The van der Waals surface area contributed by atoms with E-state index in [0.29, 0.717) is 6.54 Å². The highest BCUT2D eigenvalue weighted by Gasteiger charge is 2.43. The highest BCUT2D eigenvalue weighted by Crippen LogP contribution is 2.31. The molecule has 7 nitrogen and oxygen atoms in total. The van der Waals surface area contributed by atoms with Crippen molar-refractivity contribution >= 4 is 22.8 Å². The second-order valence-corrected chi connectivity index (χ2v) is 7.70. The average molecular weight is 377 g/mol. The van der Waals surface area contributed by atoms with Crippen molar-refractivity contribution in [3.05, 3.63) is 53.9 Å². The van der Waals surface area contributed by atoms with E-state index in [1.807, 2.05) is 7.05 Å². The number of fused-ring (bicyclic) bond motifs is 1. The molecule has 1 N–H and O–H groups in total. The number of carbonyl (C=O) groups excluding carboxylic acids is 1. The van der Waals surface area contributed by atoms with Crippen molar-refractivity contribution in [2.24, 2.45) is 7.05 Å². The summed E-state index contributed by atoms with van der Waals surface area (Å²) in [6.45, 7) is 2.20. The van der Waals surface area contributed by atoms with Crippen molar-refractivity contribution in [2.75, 3.05) is 24.5 Å².